The molecule has 7 rings (SSSR count). The number of anilines is 1. The number of nitrogens with one attached hydrogen (secondary N) is 1. The molecule has 6 fully saturated rings. The second-order valence-corrected chi connectivity index (χ2v) is 42.9. The summed E-state index contributed by atoms with van der Waals surface area (Å²) in [6.07, 6.45) is 11.2. The summed E-state index contributed by atoms with van der Waals surface area (Å²) in [5, 5.41) is 16.7. The Bertz CT molecular complexity index is 3000. The number of amides is 1. The number of carboxylic acids is 1. The second-order valence-electron chi connectivity index (χ2n) is 29.7. The normalized spacial score (nSPS) is 18.0. The van der Waals surface area contributed by atoms with Crippen molar-refractivity contribution in [2.45, 2.75) is 223 Å². The van der Waals surface area contributed by atoms with Crippen LogP contribution in [0.1, 0.15) is 201 Å². The molecule has 0 spiro atoms. The third-order valence-electron chi connectivity index (χ3n) is 18.0. The molecule has 0 aromatic carbocycles. The van der Waals surface area contributed by atoms with E-state index < -0.39 is 70.7 Å². The number of aromatic nitrogens is 1. The molecule has 105 heavy (non-hydrogen) atoms. The van der Waals surface area contributed by atoms with Crippen LogP contribution in [0.2, 0.25) is 0 Å². The summed E-state index contributed by atoms with van der Waals surface area (Å²) in [5.74, 6) is 2.33. The number of alkyl halides is 2. The first-order chi connectivity index (χ1) is 47.8. The number of carbonyl (C=O) groups excluding carboxylic acids is 5. The van der Waals surface area contributed by atoms with Gasteiger partial charge in [0, 0.05) is 109 Å². The van der Waals surface area contributed by atoms with Crippen molar-refractivity contribution in [1.82, 2.24) is 5.16 Å². The Kier molecular flexibility index (Phi) is 53.1. The molecule has 6 aliphatic heterocycles. The molecule has 6 aliphatic rings. The van der Waals surface area contributed by atoms with Crippen molar-refractivity contribution in [1.29, 1.82) is 0 Å². The SMILES string of the molecule is BrCC1CCOCC1.CC(=O)SCC1CCOCC1.CC(C)(C(=O)O)S(=O)(=O)CC1CCOCC1.CC(C)(C)c1cc(NC(=O)C(C)(C)S(=O)(=O)CC2CCOCC2)no1.CCOC(=O)C(C)(C)Br.CCOC(=O)C(C)(C)S(=O)(=O)CC1CCOCC1.CCOC(=O)C(C)(C)SCC1CCOCC1.[K+].[OH-]. The number of esters is 3. The van der Waals surface area contributed by atoms with Gasteiger partial charge in [-0.25, -0.2) is 25.3 Å². The van der Waals surface area contributed by atoms with E-state index in [4.69, 9.17) is 52.3 Å². The number of thioether (sulfide) groups is 2. The van der Waals surface area contributed by atoms with E-state index in [-0.39, 0.29) is 127 Å². The third kappa shape index (κ3) is 41.1. The predicted octanol–water partition coefficient (Wildman–Crippen LogP) is 8.93. The number of halogens is 2. The van der Waals surface area contributed by atoms with Crippen molar-refractivity contribution in [3.63, 3.8) is 0 Å². The number of carbonyl (C=O) groups is 6. The first kappa shape index (κ1) is 106. The third-order valence-corrected chi connectivity index (χ3v) is 29.7. The van der Waals surface area contributed by atoms with Crippen LogP contribution in [0, 0.1) is 35.5 Å². The molecule has 0 atom stereocenters. The van der Waals surface area contributed by atoms with E-state index in [2.05, 4.69) is 42.3 Å². The smallest absolute Gasteiger partial charge is 0.870 e. The molecule has 1 aromatic heterocycles. The first-order valence-corrected chi connectivity index (χ1v) is 44.8. The maximum Gasteiger partial charge on any atom is 1.00 e. The Morgan fingerprint density at radius 2 is 0.819 bits per heavy atom. The van der Waals surface area contributed by atoms with Crippen LogP contribution >= 0.6 is 55.4 Å². The van der Waals surface area contributed by atoms with Gasteiger partial charge in [0.25, 0.3) is 0 Å². The molecule has 6 saturated heterocycles. The van der Waals surface area contributed by atoms with E-state index in [1.54, 1.807) is 52.4 Å². The number of hydrogen-bond donors (Lipinski definition) is 2. The number of hydrogen-bond acceptors (Lipinski definition) is 26. The number of rotatable bonds is 24. The summed E-state index contributed by atoms with van der Waals surface area (Å²) in [6, 6.07) is 1.62. The fourth-order valence-electron chi connectivity index (χ4n) is 9.91. The summed E-state index contributed by atoms with van der Waals surface area (Å²) >= 11 is 9.77. The number of aliphatic carboxylic acids is 1. The monoisotopic (exact) mass is 1750 g/mol. The van der Waals surface area contributed by atoms with Crippen molar-refractivity contribution in [2.75, 3.05) is 139 Å². The van der Waals surface area contributed by atoms with Gasteiger partial charge in [0.1, 0.15) is 19.6 Å². The van der Waals surface area contributed by atoms with Crippen LogP contribution in [0.3, 0.4) is 0 Å². The largest absolute Gasteiger partial charge is 1.00 e. The van der Waals surface area contributed by atoms with E-state index in [1.165, 1.54) is 66.1 Å². The minimum Gasteiger partial charge on any atom is -0.870 e. The van der Waals surface area contributed by atoms with Gasteiger partial charge in [-0.1, -0.05) is 69.5 Å². The molecular weight excluding hydrogens is 1620 g/mol. The van der Waals surface area contributed by atoms with E-state index in [0.717, 1.165) is 101 Å². The Morgan fingerprint density at radius 3 is 1.11 bits per heavy atom. The van der Waals surface area contributed by atoms with Crippen LogP contribution in [0.4, 0.5) is 5.82 Å². The molecule has 0 unspecified atom stereocenters. The van der Waals surface area contributed by atoms with E-state index in [0.29, 0.717) is 96.1 Å². The van der Waals surface area contributed by atoms with Gasteiger partial charge < -0.3 is 63.1 Å². The fraction of sp³-hybridized carbons (Fsp3) is 0.873. The zero-order valence-corrected chi connectivity index (χ0v) is 76.4. The second kappa shape index (κ2) is 52.5. The van der Waals surface area contributed by atoms with Crippen molar-refractivity contribution < 1.29 is 163 Å². The molecular formula is C71H127Br2KN2O24S5. The van der Waals surface area contributed by atoms with Crippen LogP contribution < -0.4 is 56.7 Å². The van der Waals surface area contributed by atoms with Gasteiger partial charge in [0.2, 0.25) is 5.91 Å². The van der Waals surface area contributed by atoms with Crippen LogP contribution in [-0.2, 0) is 106 Å². The Morgan fingerprint density at radius 1 is 0.505 bits per heavy atom. The van der Waals surface area contributed by atoms with Crippen molar-refractivity contribution in [2.24, 2.45) is 35.5 Å². The number of sulfone groups is 3. The summed E-state index contributed by atoms with van der Waals surface area (Å²) in [4.78, 5) is 68.3. The first-order valence-electron chi connectivity index (χ1n) is 36.0. The molecule has 1 aromatic rings. The number of ether oxygens (including phenoxy) is 9. The van der Waals surface area contributed by atoms with Gasteiger partial charge in [0.15, 0.2) is 49.9 Å². The van der Waals surface area contributed by atoms with Gasteiger partial charge >= 0.3 is 75.3 Å². The van der Waals surface area contributed by atoms with Gasteiger partial charge in [-0.15, -0.1) is 11.8 Å². The predicted molar refractivity (Wildman–Crippen MR) is 415 cm³/mol. The molecule has 1 amide bonds. The molecule has 0 saturated carbocycles. The van der Waals surface area contributed by atoms with Gasteiger partial charge in [0.05, 0.1) is 37.1 Å². The maximum absolute atomic E-state index is 12.8. The number of carboxylic acid groups (broad SMARTS) is 1. The summed E-state index contributed by atoms with van der Waals surface area (Å²) in [6.45, 7) is 38.3. The summed E-state index contributed by atoms with van der Waals surface area (Å²) in [5.41, 5.74) is -0.249. The molecule has 610 valence electrons. The van der Waals surface area contributed by atoms with Crippen molar-refractivity contribution >= 4 is 126 Å². The molecule has 0 aliphatic carbocycles. The van der Waals surface area contributed by atoms with Crippen molar-refractivity contribution in [3.05, 3.63) is 11.8 Å². The molecule has 7 heterocycles. The minimum atomic E-state index is -3.63. The van der Waals surface area contributed by atoms with E-state index >= 15 is 0 Å². The quantitative estimate of drug-likeness (QED) is 0.0422. The zero-order chi connectivity index (χ0) is 78.5. The van der Waals surface area contributed by atoms with Crippen molar-refractivity contribution in [3.8, 4) is 0 Å². The summed E-state index contributed by atoms with van der Waals surface area (Å²) in [7, 11) is -10.8. The molecule has 0 bridgehead atoms. The fourth-order valence-corrected chi connectivity index (χ4v) is 17.7. The Labute approximate surface area is 696 Å². The van der Waals surface area contributed by atoms with Gasteiger partial charge in [-0.2, -0.15) is 0 Å². The molecule has 26 nitrogen and oxygen atoms in total. The standard InChI is InChI=1S/C17H28N2O5S.C12H22O5S.C12H22O3S.C10H18O5S.C8H14O2S.C6H11BrO2.C6H11BrO.K.H2O/c1-16(2,3)13-10-14(19-24-13)18-15(20)17(4,5)25(21,22)11-12-6-8-23-9-7-12;1-4-17-11(13)12(2,3)18(14,15)9-10-5-7-16-8-6-10;1-4-15-11(13)12(2,3)16-9-10-5-7-14-8-6-10;1-10(2,9(11)12)16(13,14)7-8-3-5-15-6-4-8;1-7(9)11-6-8-2-4-10-5-3-8;1-4-9-5(8)6(2,3)7;7-5-6-1-3-8-4-2-6;;/h10,12H,6-9,11H2,1-5H3,(H,18,19,20);10H,4-9H2,1-3H3;10H,4-9H2,1-3H3;8H,3-7H2,1-2H3,(H,11,12);8H,2-6H2,1H3;4H2,1-3H3;6H,1-5H2;;1H2/q;;;;;;;+1;/p-1. The van der Waals surface area contributed by atoms with E-state index in [1.807, 2.05) is 41.5 Å². The molecule has 0 radical (unpaired) electrons. The Hall–Kier alpha value is -0.904. The van der Waals surface area contributed by atoms with Gasteiger partial charge in [-0.3, -0.25) is 28.8 Å². The van der Waals surface area contributed by atoms with E-state index in [9.17, 15) is 54.0 Å². The maximum atomic E-state index is 12.8. The zero-order valence-electron chi connectivity index (χ0n) is 66.0. The van der Waals surface area contributed by atoms with Gasteiger partial charge in [-0.05, 0) is 208 Å². The van der Waals surface area contributed by atoms with Crippen LogP contribution in [0.25, 0.3) is 0 Å². The number of nitrogens with zero attached hydrogens (tertiary/aromatic N) is 1. The summed E-state index contributed by atoms with van der Waals surface area (Å²) < 4.78 is 119. The van der Waals surface area contributed by atoms with Crippen LogP contribution in [-0.4, -0.2) is 232 Å². The Balaban J connectivity index is 0. The molecule has 3 N–H and O–H groups in total. The van der Waals surface area contributed by atoms with Crippen LogP contribution in [0.5, 0.6) is 0 Å². The minimum absolute atomic E-state index is 0. The topological polar surface area (TPSA) is 376 Å². The van der Waals surface area contributed by atoms with Crippen LogP contribution in [0.15, 0.2) is 10.6 Å². The molecule has 34 heteroatoms. The average Bonchev–Trinajstić information content (AvgIpc) is 1.28. The average molecular weight is 1750 g/mol.